The molecule has 0 saturated heterocycles. The maximum absolute atomic E-state index is 11.8. The number of esters is 2. The van der Waals surface area contributed by atoms with E-state index < -0.39 is 0 Å². The van der Waals surface area contributed by atoms with Crippen LogP contribution in [-0.2, 0) is 23.8 Å². The number of hydrogen-bond donors (Lipinski definition) is 0. The topological polar surface area (TPSA) is 61.8 Å². The first-order valence-corrected chi connectivity index (χ1v) is 6.42. The molecule has 0 aromatic heterocycles. The Labute approximate surface area is 108 Å². The average molecular weight is 258 g/mol. The number of methoxy groups -OCH3 is 1. The van der Waals surface area contributed by atoms with Gasteiger partial charge in [0.1, 0.15) is 6.61 Å². The molecule has 2 atom stereocenters. The monoisotopic (exact) mass is 258 g/mol. The smallest absolute Gasteiger partial charge is 0.309 e. The maximum atomic E-state index is 11.8. The van der Waals surface area contributed by atoms with Crippen LogP contribution >= 0.6 is 0 Å². The van der Waals surface area contributed by atoms with Gasteiger partial charge in [-0.15, -0.1) is 0 Å². The molecule has 1 fully saturated rings. The minimum absolute atomic E-state index is 0.123. The van der Waals surface area contributed by atoms with E-state index in [-0.39, 0.29) is 36.5 Å². The molecule has 0 N–H and O–H groups in total. The van der Waals surface area contributed by atoms with Crippen molar-refractivity contribution in [1.82, 2.24) is 0 Å². The lowest BCUT2D eigenvalue weighted by Gasteiger charge is -2.16. The molecule has 18 heavy (non-hydrogen) atoms. The van der Waals surface area contributed by atoms with Crippen LogP contribution in [0.1, 0.15) is 33.1 Å². The van der Waals surface area contributed by atoms with Gasteiger partial charge < -0.3 is 14.2 Å². The molecule has 1 aliphatic carbocycles. The Bertz CT molecular complexity index is 287. The fraction of sp³-hybridized carbons (Fsp3) is 0.846. The van der Waals surface area contributed by atoms with Crippen molar-refractivity contribution >= 4 is 11.9 Å². The summed E-state index contributed by atoms with van der Waals surface area (Å²) in [5.41, 5.74) is 0. The molecule has 5 heteroatoms. The predicted octanol–water partition coefficient (Wildman–Crippen LogP) is 1.54. The molecule has 1 aliphatic rings. The van der Waals surface area contributed by atoms with E-state index in [1.54, 1.807) is 0 Å². The number of carbonyl (C=O) groups is 2. The Balaban J connectivity index is 2.34. The second kappa shape index (κ2) is 7.36. The van der Waals surface area contributed by atoms with Gasteiger partial charge >= 0.3 is 11.9 Å². The fourth-order valence-electron chi connectivity index (χ4n) is 2.21. The molecular weight excluding hydrogens is 236 g/mol. The van der Waals surface area contributed by atoms with E-state index in [9.17, 15) is 9.59 Å². The molecule has 0 amide bonds. The molecule has 0 unspecified atom stereocenters. The Kier molecular flexibility index (Phi) is 6.12. The zero-order valence-electron chi connectivity index (χ0n) is 11.3. The SMILES string of the molecule is COC(=O)[C@H]1CCC[C@@H]1C(=O)OCCOC(C)C. The molecular formula is C13H22O5. The molecule has 104 valence electrons. The van der Waals surface area contributed by atoms with Gasteiger partial charge in [0.05, 0.1) is 31.7 Å². The van der Waals surface area contributed by atoms with Crippen LogP contribution in [0.4, 0.5) is 0 Å². The summed E-state index contributed by atoms with van der Waals surface area (Å²) in [5.74, 6) is -1.31. The number of rotatable bonds is 6. The molecule has 5 nitrogen and oxygen atoms in total. The van der Waals surface area contributed by atoms with Gasteiger partial charge in [-0.2, -0.15) is 0 Å². The van der Waals surface area contributed by atoms with Crippen LogP contribution in [0.2, 0.25) is 0 Å². The maximum Gasteiger partial charge on any atom is 0.309 e. The van der Waals surface area contributed by atoms with Gasteiger partial charge in [0.25, 0.3) is 0 Å². The molecule has 1 rings (SSSR count). The molecule has 0 spiro atoms. The Hall–Kier alpha value is -1.10. The van der Waals surface area contributed by atoms with Crippen LogP contribution in [0.3, 0.4) is 0 Å². The van der Waals surface area contributed by atoms with E-state index in [1.165, 1.54) is 7.11 Å². The quantitative estimate of drug-likeness (QED) is 0.534. The third kappa shape index (κ3) is 4.29. The summed E-state index contributed by atoms with van der Waals surface area (Å²) < 4.78 is 15.1. The van der Waals surface area contributed by atoms with E-state index >= 15 is 0 Å². The highest BCUT2D eigenvalue weighted by Crippen LogP contribution is 2.33. The Morgan fingerprint density at radius 2 is 1.72 bits per heavy atom. The fourth-order valence-corrected chi connectivity index (χ4v) is 2.21. The van der Waals surface area contributed by atoms with Crippen molar-refractivity contribution in [2.24, 2.45) is 11.8 Å². The van der Waals surface area contributed by atoms with Gasteiger partial charge in [-0.25, -0.2) is 0 Å². The molecule has 0 radical (unpaired) electrons. The molecule has 0 bridgehead atoms. The minimum atomic E-state index is -0.350. The summed E-state index contributed by atoms with van der Waals surface area (Å²) in [6, 6.07) is 0. The summed E-state index contributed by atoms with van der Waals surface area (Å²) >= 11 is 0. The van der Waals surface area contributed by atoms with Gasteiger partial charge in [-0.3, -0.25) is 9.59 Å². The van der Waals surface area contributed by atoms with Crippen molar-refractivity contribution in [3.8, 4) is 0 Å². The number of carbonyl (C=O) groups excluding carboxylic acids is 2. The van der Waals surface area contributed by atoms with Crippen LogP contribution in [0.5, 0.6) is 0 Å². The van der Waals surface area contributed by atoms with Crippen molar-refractivity contribution in [2.45, 2.75) is 39.2 Å². The van der Waals surface area contributed by atoms with E-state index in [4.69, 9.17) is 14.2 Å². The lowest BCUT2D eigenvalue weighted by atomic mass is 9.96. The summed E-state index contributed by atoms with van der Waals surface area (Å²) in [6.45, 7) is 4.47. The van der Waals surface area contributed by atoms with Crippen LogP contribution in [-0.4, -0.2) is 38.4 Å². The second-order valence-corrected chi connectivity index (χ2v) is 4.75. The van der Waals surface area contributed by atoms with E-state index in [0.29, 0.717) is 19.4 Å². The molecule has 0 aromatic carbocycles. The van der Waals surface area contributed by atoms with Crippen molar-refractivity contribution in [2.75, 3.05) is 20.3 Å². The van der Waals surface area contributed by atoms with Gasteiger partial charge in [0, 0.05) is 0 Å². The van der Waals surface area contributed by atoms with Crippen molar-refractivity contribution < 1.29 is 23.8 Å². The Morgan fingerprint density at radius 1 is 1.11 bits per heavy atom. The van der Waals surface area contributed by atoms with Crippen molar-refractivity contribution in [3.63, 3.8) is 0 Å². The van der Waals surface area contributed by atoms with Crippen LogP contribution in [0.15, 0.2) is 0 Å². The first-order valence-electron chi connectivity index (χ1n) is 6.42. The highest BCUT2D eigenvalue weighted by Gasteiger charge is 2.39. The lowest BCUT2D eigenvalue weighted by molar-refractivity contribution is -0.159. The van der Waals surface area contributed by atoms with E-state index in [1.807, 2.05) is 13.8 Å². The largest absolute Gasteiger partial charge is 0.469 e. The molecule has 0 heterocycles. The molecule has 1 saturated carbocycles. The van der Waals surface area contributed by atoms with Gasteiger partial charge in [-0.05, 0) is 26.7 Å². The summed E-state index contributed by atoms with van der Waals surface area (Å²) in [5, 5.41) is 0. The predicted molar refractivity (Wildman–Crippen MR) is 64.9 cm³/mol. The average Bonchev–Trinajstić information content (AvgIpc) is 2.82. The van der Waals surface area contributed by atoms with Gasteiger partial charge in [0.15, 0.2) is 0 Å². The third-order valence-electron chi connectivity index (χ3n) is 3.10. The summed E-state index contributed by atoms with van der Waals surface area (Å²) in [6.07, 6.45) is 2.39. The van der Waals surface area contributed by atoms with Gasteiger partial charge in [0.2, 0.25) is 0 Å². The highest BCUT2D eigenvalue weighted by molar-refractivity contribution is 5.82. The van der Waals surface area contributed by atoms with Crippen molar-refractivity contribution in [3.05, 3.63) is 0 Å². The molecule has 0 aromatic rings. The van der Waals surface area contributed by atoms with Crippen LogP contribution in [0, 0.1) is 11.8 Å². The first-order chi connectivity index (χ1) is 8.56. The van der Waals surface area contributed by atoms with Crippen LogP contribution in [0.25, 0.3) is 0 Å². The highest BCUT2D eigenvalue weighted by atomic mass is 16.6. The zero-order valence-corrected chi connectivity index (χ0v) is 11.3. The molecule has 0 aliphatic heterocycles. The van der Waals surface area contributed by atoms with Crippen molar-refractivity contribution in [1.29, 1.82) is 0 Å². The van der Waals surface area contributed by atoms with E-state index in [0.717, 1.165) is 6.42 Å². The normalized spacial score (nSPS) is 23.1. The van der Waals surface area contributed by atoms with Crippen LogP contribution < -0.4 is 0 Å². The summed E-state index contributed by atoms with van der Waals surface area (Å²) in [4.78, 5) is 23.3. The lowest BCUT2D eigenvalue weighted by Crippen LogP contribution is -2.28. The Morgan fingerprint density at radius 3 is 2.28 bits per heavy atom. The van der Waals surface area contributed by atoms with E-state index in [2.05, 4.69) is 0 Å². The zero-order chi connectivity index (χ0) is 13.5. The summed E-state index contributed by atoms with van der Waals surface area (Å²) in [7, 11) is 1.35. The number of ether oxygens (including phenoxy) is 3. The standard InChI is InChI=1S/C13H22O5/c1-9(2)17-7-8-18-13(15)11-6-4-5-10(11)12(14)16-3/h9-11H,4-8H2,1-3H3/t10-,11-/m0/s1. The second-order valence-electron chi connectivity index (χ2n) is 4.75. The minimum Gasteiger partial charge on any atom is -0.469 e. The number of hydrogen-bond acceptors (Lipinski definition) is 5. The third-order valence-corrected chi connectivity index (χ3v) is 3.10. The first kappa shape index (κ1) is 15.0. The van der Waals surface area contributed by atoms with Gasteiger partial charge in [-0.1, -0.05) is 6.42 Å².